The number of nitrogen functional groups attached to an aromatic ring is 1. The Morgan fingerprint density at radius 2 is 1.81 bits per heavy atom. The third-order valence-corrected chi connectivity index (χ3v) is 1.86. The molecular formula is C10H12F3NO2. The minimum absolute atomic E-state index is 0.399. The molecule has 1 unspecified atom stereocenters. The summed E-state index contributed by atoms with van der Waals surface area (Å²) in [6.07, 6.45) is -5.45. The highest BCUT2D eigenvalue weighted by Crippen LogP contribution is 2.18. The van der Waals surface area contributed by atoms with Crippen LogP contribution in [0, 0.1) is 0 Å². The van der Waals surface area contributed by atoms with Gasteiger partial charge in [0.2, 0.25) is 0 Å². The summed E-state index contributed by atoms with van der Waals surface area (Å²) in [6.45, 7) is -1.76. The van der Waals surface area contributed by atoms with Crippen LogP contribution in [-0.2, 0) is 4.74 Å². The molecule has 90 valence electrons. The van der Waals surface area contributed by atoms with Crippen molar-refractivity contribution in [2.24, 2.45) is 0 Å². The van der Waals surface area contributed by atoms with E-state index < -0.39 is 25.5 Å². The van der Waals surface area contributed by atoms with Crippen molar-refractivity contribution in [3.8, 4) is 0 Å². The third kappa shape index (κ3) is 4.50. The highest BCUT2D eigenvalue weighted by Gasteiger charge is 2.27. The van der Waals surface area contributed by atoms with Gasteiger partial charge in [-0.05, 0) is 17.7 Å². The van der Waals surface area contributed by atoms with E-state index >= 15 is 0 Å². The van der Waals surface area contributed by atoms with Crippen LogP contribution in [0.5, 0.6) is 0 Å². The van der Waals surface area contributed by atoms with E-state index in [-0.39, 0.29) is 0 Å². The molecule has 0 spiro atoms. The van der Waals surface area contributed by atoms with E-state index in [9.17, 15) is 18.3 Å². The highest BCUT2D eigenvalue weighted by atomic mass is 19.4. The number of ether oxygens (including phenoxy) is 1. The second kappa shape index (κ2) is 5.18. The fourth-order valence-corrected chi connectivity index (χ4v) is 1.10. The first-order valence-electron chi connectivity index (χ1n) is 4.56. The molecule has 6 heteroatoms. The summed E-state index contributed by atoms with van der Waals surface area (Å²) in [6, 6.07) is 6.19. The van der Waals surface area contributed by atoms with Gasteiger partial charge in [0.1, 0.15) is 12.7 Å². The molecule has 0 amide bonds. The Kier molecular flexibility index (Phi) is 4.14. The van der Waals surface area contributed by atoms with Gasteiger partial charge in [-0.15, -0.1) is 0 Å². The first-order valence-corrected chi connectivity index (χ1v) is 4.56. The molecule has 0 bridgehead atoms. The van der Waals surface area contributed by atoms with Crippen LogP contribution in [0.1, 0.15) is 11.7 Å². The lowest BCUT2D eigenvalue weighted by Crippen LogP contribution is -2.19. The van der Waals surface area contributed by atoms with E-state index in [4.69, 9.17) is 5.73 Å². The number of aliphatic hydroxyl groups is 1. The van der Waals surface area contributed by atoms with Gasteiger partial charge < -0.3 is 15.6 Å². The summed E-state index contributed by atoms with van der Waals surface area (Å²) >= 11 is 0. The van der Waals surface area contributed by atoms with Crippen molar-refractivity contribution >= 4 is 5.69 Å². The zero-order valence-corrected chi connectivity index (χ0v) is 8.37. The number of aliphatic hydroxyl groups excluding tert-OH is 1. The molecule has 0 radical (unpaired) electrons. The molecule has 3 nitrogen and oxygen atoms in total. The maximum Gasteiger partial charge on any atom is 0.411 e. The number of halogens is 3. The van der Waals surface area contributed by atoms with Gasteiger partial charge in [0.15, 0.2) is 0 Å². The van der Waals surface area contributed by atoms with E-state index in [0.717, 1.165) is 0 Å². The minimum atomic E-state index is -4.37. The van der Waals surface area contributed by atoms with E-state index in [2.05, 4.69) is 4.74 Å². The Balaban J connectivity index is 2.41. The lowest BCUT2D eigenvalue weighted by Gasteiger charge is -2.13. The van der Waals surface area contributed by atoms with Gasteiger partial charge in [-0.2, -0.15) is 13.2 Å². The molecule has 0 aliphatic heterocycles. The zero-order chi connectivity index (χ0) is 12.2. The maximum absolute atomic E-state index is 11.7. The summed E-state index contributed by atoms with van der Waals surface area (Å²) < 4.78 is 39.6. The van der Waals surface area contributed by atoms with Gasteiger partial charge in [-0.25, -0.2) is 0 Å². The number of nitrogens with two attached hydrogens (primary N) is 1. The van der Waals surface area contributed by atoms with Gasteiger partial charge in [0, 0.05) is 5.69 Å². The Labute approximate surface area is 90.6 Å². The molecule has 1 atom stereocenters. The average molecular weight is 235 g/mol. The first-order chi connectivity index (χ1) is 7.38. The molecule has 1 aromatic rings. The minimum Gasteiger partial charge on any atom is -0.399 e. The Bertz CT molecular complexity index is 324. The van der Waals surface area contributed by atoms with Crippen LogP contribution in [0.2, 0.25) is 0 Å². The Morgan fingerprint density at radius 3 is 2.31 bits per heavy atom. The second-order valence-corrected chi connectivity index (χ2v) is 3.31. The molecule has 1 rings (SSSR count). The summed E-state index contributed by atoms with van der Waals surface area (Å²) in [4.78, 5) is 0. The summed E-state index contributed by atoms with van der Waals surface area (Å²) in [7, 11) is 0. The number of rotatable bonds is 4. The smallest absolute Gasteiger partial charge is 0.399 e. The fraction of sp³-hybridized carbons (Fsp3) is 0.400. The van der Waals surface area contributed by atoms with Crippen molar-refractivity contribution in [1.29, 1.82) is 0 Å². The lowest BCUT2D eigenvalue weighted by molar-refractivity contribution is -0.179. The van der Waals surface area contributed by atoms with Crippen LogP contribution in [-0.4, -0.2) is 24.5 Å². The number of hydrogen-bond acceptors (Lipinski definition) is 3. The second-order valence-electron chi connectivity index (χ2n) is 3.31. The predicted octanol–water partition coefficient (Wildman–Crippen LogP) is 1.88. The van der Waals surface area contributed by atoms with Crippen molar-refractivity contribution in [2.45, 2.75) is 12.3 Å². The quantitative estimate of drug-likeness (QED) is 0.783. The monoisotopic (exact) mass is 235 g/mol. The molecule has 0 fully saturated rings. The third-order valence-electron chi connectivity index (χ3n) is 1.86. The number of hydrogen-bond donors (Lipinski definition) is 2. The van der Waals surface area contributed by atoms with Gasteiger partial charge >= 0.3 is 6.18 Å². The van der Waals surface area contributed by atoms with Crippen LogP contribution >= 0.6 is 0 Å². The molecule has 0 heterocycles. The molecule has 16 heavy (non-hydrogen) atoms. The Morgan fingerprint density at radius 1 is 1.25 bits per heavy atom. The number of benzene rings is 1. The van der Waals surface area contributed by atoms with E-state index in [1.54, 1.807) is 12.1 Å². The molecule has 3 N–H and O–H groups in total. The summed E-state index contributed by atoms with van der Waals surface area (Å²) in [5, 5.41) is 9.48. The topological polar surface area (TPSA) is 55.5 Å². The van der Waals surface area contributed by atoms with E-state index in [1.807, 2.05) is 0 Å². The number of alkyl halides is 3. The SMILES string of the molecule is Nc1ccc(C(O)COCC(F)(F)F)cc1. The van der Waals surface area contributed by atoms with Gasteiger partial charge in [0.25, 0.3) is 0 Å². The van der Waals surface area contributed by atoms with E-state index in [1.165, 1.54) is 12.1 Å². The molecule has 0 aliphatic carbocycles. The molecule has 0 saturated carbocycles. The maximum atomic E-state index is 11.7. The van der Waals surface area contributed by atoms with Crippen molar-refractivity contribution < 1.29 is 23.0 Å². The Hall–Kier alpha value is -1.27. The van der Waals surface area contributed by atoms with Crippen LogP contribution in [0.25, 0.3) is 0 Å². The van der Waals surface area contributed by atoms with Crippen molar-refractivity contribution in [2.75, 3.05) is 18.9 Å². The van der Waals surface area contributed by atoms with Gasteiger partial charge in [-0.1, -0.05) is 12.1 Å². The normalized spacial score (nSPS) is 13.8. The van der Waals surface area contributed by atoms with Crippen LogP contribution < -0.4 is 5.73 Å². The highest BCUT2D eigenvalue weighted by molar-refractivity contribution is 5.39. The van der Waals surface area contributed by atoms with Crippen LogP contribution in [0.15, 0.2) is 24.3 Å². The molecule has 0 aromatic heterocycles. The van der Waals surface area contributed by atoms with Crippen molar-refractivity contribution in [3.05, 3.63) is 29.8 Å². The van der Waals surface area contributed by atoms with Crippen LogP contribution in [0.3, 0.4) is 0 Å². The molecule has 0 saturated heterocycles. The lowest BCUT2D eigenvalue weighted by atomic mass is 10.1. The predicted molar refractivity (Wildman–Crippen MR) is 52.7 cm³/mol. The van der Waals surface area contributed by atoms with Crippen molar-refractivity contribution in [1.82, 2.24) is 0 Å². The standard InChI is InChI=1S/C10H12F3NO2/c11-10(12,13)6-16-5-9(15)7-1-3-8(14)4-2-7/h1-4,9,15H,5-6,14H2. The van der Waals surface area contributed by atoms with Gasteiger partial charge in [0.05, 0.1) is 6.61 Å². The number of anilines is 1. The van der Waals surface area contributed by atoms with Crippen molar-refractivity contribution in [3.63, 3.8) is 0 Å². The molecule has 1 aromatic carbocycles. The fourth-order valence-electron chi connectivity index (χ4n) is 1.10. The molecular weight excluding hydrogens is 223 g/mol. The van der Waals surface area contributed by atoms with E-state index in [0.29, 0.717) is 11.3 Å². The summed E-state index contributed by atoms with van der Waals surface area (Å²) in [5.74, 6) is 0. The zero-order valence-electron chi connectivity index (χ0n) is 8.37. The largest absolute Gasteiger partial charge is 0.411 e. The van der Waals surface area contributed by atoms with Crippen LogP contribution in [0.4, 0.5) is 18.9 Å². The summed E-state index contributed by atoms with van der Waals surface area (Å²) in [5.41, 5.74) is 6.41. The molecule has 0 aliphatic rings. The average Bonchev–Trinajstić information content (AvgIpc) is 2.16. The van der Waals surface area contributed by atoms with Gasteiger partial charge in [-0.3, -0.25) is 0 Å². The first kappa shape index (κ1) is 12.8.